The summed E-state index contributed by atoms with van der Waals surface area (Å²) >= 11 is 0. The number of ether oxygens (including phenoxy) is 1. The molecule has 48 valence electrons. The Kier molecular flexibility index (Phi) is 1.57. The van der Waals surface area contributed by atoms with Gasteiger partial charge in [0.1, 0.15) is 10.5 Å². The maximum Gasteiger partial charge on any atom is 0.205 e. The molecule has 2 nitrogen and oxygen atoms in total. The minimum atomic E-state index is -1.30. The molecule has 0 amide bonds. The third-order valence-corrected chi connectivity index (χ3v) is 7.73. The second-order valence-electron chi connectivity index (χ2n) is 2.63. The number of hydrogen-bond acceptors (Lipinski definition) is 2. The Labute approximate surface area is 53.9 Å². The van der Waals surface area contributed by atoms with Gasteiger partial charge in [0.2, 0.25) is 8.32 Å². The fraction of sp³-hybridized carbons (Fsp3) is 1.00. The van der Waals surface area contributed by atoms with Crippen LogP contribution in [0.5, 0.6) is 0 Å². The van der Waals surface area contributed by atoms with E-state index in [-0.39, 0.29) is 0 Å². The molecule has 0 aromatic carbocycles. The molecule has 1 aliphatic rings. The van der Waals surface area contributed by atoms with Crippen LogP contribution < -0.4 is 0 Å². The molecule has 0 saturated carbocycles. The summed E-state index contributed by atoms with van der Waals surface area (Å²) in [6.07, 6.45) is 0. The lowest BCUT2D eigenvalue weighted by Crippen LogP contribution is -2.36. The minimum absolute atomic E-state index is 0.514. The largest absolute Gasteiger partial charge is 0.462 e. The number of hydrogen-bond donors (Lipinski definition) is 0. The van der Waals surface area contributed by atoms with Crippen molar-refractivity contribution in [2.45, 2.75) is 18.8 Å². The summed E-state index contributed by atoms with van der Waals surface area (Å²) in [5.74, 6) is 0. The average molecular weight is 148 g/mol. The molecule has 1 aliphatic heterocycles. The Balaban J connectivity index is 2.37. The highest BCUT2D eigenvalue weighted by molar-refractivity contribution is 6.75. The molecule has 1 unspecified atom stereocenters. The zero-order valence-electron chi connectivity index (χ0n) is 5.60. The van der Waals surface area contributed by atoms with Gasteiger partial charge in [-0.1, -0.05) is 0 Å². The molecule has 0 aliphatic carbocycles. The van der Waals surface area contributed by atoms with Gasteiger partial charge in [-0.3, -0.25) is 0 Å². The predicted molar refractivity (Wildman–Crippen MR) is 38.2 cm³/mol. The molecule has 0 aromatic rings. The van der Waals surface area contributed by atoms with Crippen molar-refractivity contribution in [3.63, 3.8) is 0 Å². The molecular formula is C4H12O2Si2. The van der Waals surface area contributed by atoms with Crippen LogP contribution in [0.25, 0.3) is 0 Å². The van der Waals surface area contributed by atoms with Crippen LogP contribution in [0.1, 0.15) is 0 Å². The van der Waals surface area contributed by atoms with Gasteiger partial charge >= 0.3 is 0 Å². The van der Waals surface area contributed by atoms with Gasteiger partial charge in [-0.05, 0) is 13.1 Å². The maximum absolute atomic E-state index is 5.41. The summed E-state index contributed by atoms with van der Waals surface area (Å²) in [6, 6.07) is 0. The summed E-state index contributed by atoms with van der Waals surface area (Å²) < 4.78 is 10.5. The fourth-order valence-electron chi connectivity index (χ4n) is 0.581. The Bertz CT molecular complexity index is 90.0. The summed E-state index contributed by atoms with van der Waals surface area (Å²) in [7, 11) is -0.437. The molecule has 1 saturated heterocycles. The Morgan fingerprint density at radius 1 is 1.75 bits per heavy atom. The van der Waals surface area contributed by atoms with Crippen LogP contribution in [0.3, 0.4) is 0 Å². The number of epoxide rings is 1. The van der Waals surface area contributed by atoms with Crippen molar-refractivity contribution in [1.82, 2.24) is 0 Å². The summed E-state index contributed by atoms with van der Waals surface area (Å²) in [5.41, 5.74) is 0.514. The molecule has 1 rings (SSSR count). The molecular weight excluding hydrogens is 136 g/mol. The van der Waals surface area contributed by atoms with Crippen molar-refractivity contribution in [3.05, 3.63) is 0 Å². The predicted octanol–water partition coefficient (Wildman–Crippen LogP) is -0.574. The van der Waals surface area contributed by atoms with Crippen LogP contribution in [0.2, 0.25) is 13.1 Å². The molecule has 1 fully saturated rings. The molecule has 0 bridgehead atoms. The van der Waals surface area contributed by atoms with E-state index in [0.29, 0.717) is 5.73 Å². The van der Waals surface area contributed by atoms with E-state index >= 15 is 0 Å². The first-order valence-electron chi connectivity index (χ1n) is 2.83. The molecule has 8 heavy (non-hydrogen) atoms. The van der Waals surface area contributed by atoms with Gasteiger partial charge in [-0.15, -0.1) is 0 Å². The molecule has 0 aromatic heterocycles. The number of rotatable bonds is 2. The van der Waals surface area contributed by atoms with E-state index in [2.05, 4.69) is 13.1 Å². The monoisotopic (exact) mass is 148 g/mol. The van der Waals surface area contributed by atoms with Crippen molar-refractivity contribution >= 4 is 18.8 Å². The van der Waals surface area contributed by atoms with Gasteiger partial charge in [0, 0.05) is 0 Å². The van der Waals surface area contributed by atoms with Crippen LogP contribution in [0, 0.1) is 0 Å². The first-order chi connectivity index (χ1) is 3.67. The van der Waals surface area contributed by atoms with Crippen LogP contribution in [0.4, 0.5) is 0 Å². The maximum atomic E-state index is 5.41. The van der Waals surface area contributed by atoms with Gasteiger partial charge in [0.05, 0.1) is 12.3 Å². The molecule has 1 heterocycles. The van der Waals surface area contributed by atoms with E-state index in [4.69, 9.17) is 8.85 Å². The zero-order chi connectivity index (χ0) is 6.20. The second kappa shape index (κ2) is 1.95. The summed E-state index contributed by atoms with van der Waals surface area (Å²) in [4.78, 5) is 0. The first kappa shape index (κ1) is 6.47. The first-order valence-corrected chi connectivity index (χ1v) is 6.64. The summed E-state index contributed by atoms with van der Waals surface area (Å²) in [5, 5.41) is 0. The van der Waals surface area contributed by atoms with Crippen molar-refractivity contribution in [3.8, 4) is 0 Å². The Morgan fingerprint density at radius 2 is 2.25 bits per heavy atom. The minimum Gasteiger partial charge on any atom is -0.462 e. The standard InChI is InChI=1S/C4H12O2Si2/c1-8(2,6-7)4-3-5-4/h4H,3H2,1-2,7H3. The zero-order valence-corrected chi connectivity index (χ0v) is 8.60. The molecule has 1 atom stereocenters. The lowest BCUT2D eigenvalue weighted by Gasteiger charge is -2.16. The van der Waals surface area contributed by atoms with Gasteiger partial charge in [-0.2, -0.15) is 0 Å². The average Bonchev–Trinajstić information content (AvgIpc) is 2.44. The van der Waals surface area contributed by atoms with E-state index in [0.717, 1.165) is 17.1 Å². The third-order valence-electron chi connectivity index (χ3n) is 1.63. The highest BCUT2D eigenvalue weighted by atomic mass is 28.4. The van der Waals surface area contributed by atoms with Crippen molar-refractivity contribution < 1.29 is 8.85 Å². The van der Waals surface area contributed by atoms with Crippen LogP contribution in [0.15, 0.2) is 0 Å². The van der Waals surface area contributed by atoms with E-state index in [1.54, 1.807) is 0 Å². The Morgan fingerprint density at radius 3 is 2.38 bits per heavy atom. The van der Waals surface area contributed by atoms with Gasteiger partial charge in [0.25, 0.3) is 0 Å². The Hall–Kier alpha value is 0.354. The van der Waals surface area contributed by atoms with Crippen LogP contribution in [-0.4, -0.2) is 31.1 Å². The third kappa shape index (κ3) is 1.19. The fourth-order valence-corrected chi connectivity index (χ4v) is 2.53. The van der Waals surface area contributed by atoms with Crippen molar-refractivity contribution in [1.29, 1.82) is 0 Å². The smallest absolute Gasteiger partial charge is 0.205 e. The van der Waals surface area contributed by atoms with Gasteiger partial charge in [0.15, 0.2) is 0 Å². The van der Waals surface area contributed by atoms with E-state index < -0.39 is 8.32 Å². The van der Waals surface area contributed by atoms with Gasteiger partial charge < -0.3 is 8.85 Å². The quantitative estimate of drug-likeness (QED) is 0.386. The van der Waals surface area contributed by atoms with Gasteiger partial charge in [-0.25, -0.2) is 0 Å². The van der Waals surface area contributed by atoms with Crippen LogP contribution >= 0.6 is 0 Å². The van der Waals surface area contributed by atoms with Crippen molar-refractivity contribution in [2.75, 3.05) is 6.61 Å². The lowest BCUT2D eigenvalue weighted by atomic mass is 11.0. The van der Waals surface area contributed by atoms with E-state index in [1.807, 2.05) is 0 Å². The summed E-state index contributed by atoms with van der Waals surface area (Å²) in [6.45, 7) is 5.36. The molecule has 4 heteroatoms. The molecule has 0 radical (unpaired) electrons. The van der Waals surface area contributed by atoms with E-state index in [9.17, 15) is 0 Å². The highest BCUT2D eigenvalue weighted by Gasteiger charge is 2.41. The second-order valence-corrected chi connectivity index (χ2v) is 8.11. The molecule has 0 N–H and O–H groups in total. The molecule has 0 spiro atoms. The normalized spacial score (nSPS) is 28.5. The highest BCUT2D eigenvalue weighted by Crippen LogP contribution is 2.22. The SMILES string of the molecule is C[Si](C)(O[SiH3])C1CO1. The van der Waals surface area contributed by atoms with E-state index in [1.165, 1.54) is 0 Å². The topological polar surface area (TPSA) is 21.8 Å². The lowest BCUT2D eigenvalue weighted by molar-refractivity contribution is 0.429. The van der Waals surface area contributed by atoms with Crippen LogP contribution in [-0.2, 0) is 8.85 Å². The van der Waals surface area contributed by atoms with Crippen molar-refractivity contribution in [2.24, 2.45) is 0 Å².